The molecule has 0 aliphatic heterocycles. The van der Waals surface area contributed by atoms with E-state index in [9.17, 15) is 0 Å². The molecule has 0 saturated carbocycles. The number of hydrogen-bond acceptors (Lipinski definition) is 3. The van der Waals surface area contributed by atoms with Gasteiger partial charge in [-0.15, -0.1) is 24.0 Å². The summed E-state index contributed by atoms with van der Waals surface area (Å²) in [5.41, 5.74) is 0. The predicted molar refractivity (Wildman–Crippen MR) is 76.8 cm³/mol. The Hall–Kier alpha value is 0.950. The van der Waals surface area contributed by atoms with E-state index in [-0.39, 0.29) is 24.0 Å². The largest absolute Gasteiger partial charge is 0.394 e. The summed E-state index contributed by atoms with van der Waals surface area (Å²) in [4.78, 5) is 0. The van der Waals surface area contributed by atoms with E-state index in [2.05, 4.69) is 19.6 Å². The molecule has 0 aromatic rings. The van der Waals surface area contributed by atoms with Crippen LogP contribution in [0.1, 0.15) is 45.4 Å². The molecule has 96 valence electrons. The van der Waals surface area contributed by atoms with Gasteiger partial charge in [-0.2, -0.15) is 21.0 Å². The number of rotatable bonds is 6. The van der Waals surface area contributed by atoms with E-state index in [1.807, 2.05) is 0 Å². The Morgan fingerprint density at radius 1 is 1.00 bits per heavy atom. The fourth-order valence-electron chi connectivity index (χ4n) is 0.892. The zero-order valence-electron chi connectivity index (χ0n) is 8.92. The van der Waals surface area contributed by atoms with Gasteiger partial charge in [0.1, 0.15) is 0 Å². The molecule has 0 amide bonds. The van der Waals surface area contributed by atoms with Crippen LogP contribution in [0.2, 0.25) is 0 Å². The highest BCUT2D eigenvalue weighted by atomic mass is 127. The quantitative estimate of drug-likeness (QED) is 0.290. The van der Waals surface area contributed by atoms with Crippen LogP contribution >= 0.6 is 36.6 Å². The van der Waals surface area contributed by atoms with Crippen LogP contribution in [0.15, 0.2) is 0 Å². The molecule has 0 rings (SSSR count). The zero-order valence-corrected chi connectivity index (χ0v) is 13.0. The van der Waals surface area contributed by atoms with Crippen LogP contribution in [0.4, 0.5) is 0 Å². The number of halogens is 1. The van der Waals surface area contributed by atoms with Gasteiger partial charge in [0.2, 0.25) is 0 Å². The molecule has 0 aromatic carbocycles. The van der Waals surface area contributed by atoms with Crippen LogP contribution < -0.4 is 0 Å². The Bertz CT molecular complexity index is 181. The van der Waals surface area contributed by atoms with Crippen LogP contribution in [0.5, 0.6) is 0 Å². The first kappa shape index (κ1) is 21.3. The van der Waals surface area contributed by atoms with Crippen molar-refractivity contribution < 1.29 is 17.5 Å². The molecule has 0 heterocycles. The molecule has 2 N–H and O–H groups in total. The fourth-order valence-corrected chi connectivity index (χ4v) is 1.12. The normalized spacial score (nSPS) is 9.87. The Balaban J connectivity index is -0.000000208. The van der Waals surface area contributed by atoms with E-state index >= 15 is 0 Å². The van der Waals surface area contributed by atoms with Crippen molar-refractivity contribution in [2.45, 2.75) is 45.4 Å². The summed E-state index contributed by atoms with van der Waals surface area (Å²) in [5, 5.41) is 0. The smallest absolute Gasteiger partial charge is 0.264 e. The van der Waals surface area contributed by atoms with Crippen molar-refractivity contribution in [2.24, 2.45) is 0 Å². The molecule has 0 fully saturated rings. The maximum absolute atomic E-state index is 8.74. The van der Waals surface area contributed by atoms with Crippen molar-refractivity contribution in [2.75, 3.05) is 5.75 Å². The van der Waals surface area contributed by atoms with Gasteiger partial charge in [-0.3, -0.25) is 9.11 Å². The van der Waals surface area contributed by atoms with Crippen LogP contribution in [0.25, 0.3) is 0 Å². The van der Waals surface area contributed by atoms with Crippen molar-refractivity contribution in [3.63, 3.8) is 0 Å². The highest BCUT2D eigenvalue weighted by Crippen LogP contribution is 2.04. The summed E-state index contributed by atoms with van der Waals surface area (Å²) >= 11 is 4.15. The second-order valence-corrected chi connectivity index (χ2v) is 4.28. The van der Waals surface area contributed by atoms with Gasteiger partial charge in [0.25, 0.3) is 0 Å². The Labute approximate surface area is 115 Å². The van der Waals surface area contributed by atoms with Gasteiger partial charge in [0.15, 0.2) is 0 Å². The maximum Gasteiger partial charge on any atom is 0.394 e. The first-order chi connectivity index (χ1) is 6.41. The lowest BCUT2D eigenvalue weighted by Gasteiger charge is -1.95. The molecule has 0 saturated heterocycles. The second kappa shape index (κ2) is 14.9. The van der Waals surface area contributed by atoms with Gasteiger partial charge in [-0.1, -0.05) is 39.0 Å². The summed E-state index contributed by atoms with van der Waals surface area (Å²) in [6, 6.07) is 0. The van der Waals surface area contributed by atoms with E-state index in [4.69, 9.17) is 17.5 Å². The SMILES string of the molecule is CCCCCCCCS.I.O=S(=O)(O)O. The molecular formula is C8H21IO4S2. The van der Waals surface area contributed by atoms with Gasteiger partial charge in [-0.05, 0) is 12.2 Å². The molecule has 0 bridgehead atoms. The van der Waals surface area contributed by atoms with Gasteiger partial charge in [0, 0.05) is 0 Å². The summed E-state index contributed by atoms with van der Waals surface area (Å²) in [6.45, 7) is 2.25. The summed E-state index contributed by atoms with van der Waals surface area (Å²) in [6.07, 6.45) is 8.27. The standard InChI is InChI=1S/C8H18S.HI.H2O4S/c1-2-3-4-5-6-7-8-9;;1-5(2,3)4/h9H,2-8H2,1H3;1H;(H2,1,2,3,4). The number of hydrogen-bond donors (Lipinski definition) is 3. The number of unbranched alkanes of at least 4 members (excludes halogenated alkanes) is 5. The third kappa shape index (κ3) is 51.9. The van der Waals surface area contributed by atoms with Gasteiger partial charge in [-0.25, -0.2) is 0 Å². The van der Waals surface area contributed by atoms with Gasteiger partial charge >= 0.3 is 10.4 Å². The van der Waals surface area contributed by atoms with Crippen molar-refractivity contribution in [3.05, 3.63) is 0 Å². The first-order valence-corrected chi connectivity index (χ1v) is 6.75. The molecule has 0 spiro atoms. The molecule has 15 heavy (non-hydrogen) atoms. The maximum atomic E-state index is 8.74. The molecule has 4 nitrogen and oxygen atoms in total. The summed E-state index contributed by atoms with van der Waals surface area (Å²) in [5.74, 6) is 1.06. The minimum absolute atomic E-state index is 0. The predicted octanol–water partition coefficient (Wildman–Crippen LogP) is 3.24. The van der Waals surface area contributed by atoms with E-state index in [1.54, 1.807) is 0 Å². The van der Waals surface area contributed by atoms with E-state index in [0.717, 1.165) is 5.75 Å². The molecule has 0 aromatic heterocycles. The van der Waals surface area contributed by atoms with E-state index < -0.39 is 10.4 Å². The molecular weight excluding hydrogens is 351 g/mol. The van der Waals surface area contributed by atoms with Crippen molar-refractivity contribution >= 4 is 47.0 Å². The fraction of sp³-hybridized carbons (Fsp3) is 1.00. The van der Waals surface area contributed by atoms with Crippen molar-refractivity contribution in [1.29, 1.82) is 0 Å². The van der Waals surface area contributed by atoms with E-state index in [0.29, 0.717) is 0 Å². The van der Waals surface area contributed by atoms with Crippen molar-refractivity contribution in [1.82, 2.24) is 0 Å². The molecule has 0 aliphatic rings. The first-order valence-electron chi connectivity index (χ1n) is 4.72. The second-order valence-electron chi connectivity index (χ2n) is 2.94. The lowest BCUT2D eigenvalue weighted by molar-refractivity contribution is 0.381. The third-order valence-corrected chi connectivity index (χ3v) is 1.83. The Morgan fingerprint density at radius 2 is 1.33 bits per heavy atom. The average Bonchev–Trinajstić information content (AvgIpc) is 2.01. The molecule has 0 aliphatic carbocycles. The van der Waals surface area contributed by atoms with Crippen molar-refractivity contribution in [3.8, 4) is 0 Å². The third-order valence-electron chi connectivity index (χ3n) is 1.51. The molecule has 0 unspecified atom stereocenters. The molecule has 0 radical (unpaired) electrons. The Morgan fingerprint density at radius 3 is 1.67 bits per heavy atom. The topological polar surface area (TPSA) is 74.6 Å². The van der Waals surface area contributed by atoms with Crippen LogP contribution in [0, 0.1) is 0 Å². The van der Waals surface area contributed by atoms with Crippen LogP contribution in [-0.2, 0) is 10.4 Å². The summed E-state index contributed by atoms with van der Waals surface area (Å²) in [7, 11) is -4.67. The minimum atomic E-state index is -4.67. The highest BCUT2D eigenvalue weighted by molar-refractivity contribution is 14.0. The summed E-state index contributed by atoms with van der Waals surface area (Å²) < 4.78 is 31.6. The molecule has 7 heteroatoms. The zero-order chi connectivity index (χ0) is 11.4. The lowest BCUT2D eigenvalue weighted by atomic mass is 10.1. The molecule has 0 atom stereocenters. The van der Waals surface area contributed by atoms with Gasteiger partial charge < -0.3 is 0 Å². The minimum Gasteiger partial charge on any atom is -0.264 e. The number of thiol groups is 1. The monoisotopic (exact) mass is 372 g/mol. The average molecular weight is 372 g/mol. The van der Waals surface area contributed by atoms with E-state index in [1.165, 1.54) is 38.5 Å². The highest BCUT2D eigenvalue weighted by Gasteiger charge is 1.86. The van der Waals surface area contributed by atoms with Gasteiger partial charge in [0.05, 0.1) is 0 Å². The lowest BCUT2D eigenvalue weighted by Crippen LogP contribution is -1.89. The van der Waals surface area contributed by atoms with Crippen LogP contribution in [0.3, 0.4) is 0 Å². The Kier molecular flexibility index (Phi) is 21.2. The van der Waals surface area contributed by atoms with Crippen LogP contribution in [-0.4, -0.2) is 23.3 Å².